The number of hydrogen-bond acceptors (Lipinski definition) is 5. The summed E-state index contributed by atoms with van der Waals surface area (Å²) in [6, 6.07) is 12.2. The van der Waals surface area contributed by atoms with Crippen molar-refractivity contribution in [3.8, 4) is 0 Å². The highest BCUT2D eigenvalue weighted by atomic mass is 32.1. The van der Waals surface area contributed by atoms with Gasteiger partial charge in [-0.25, -0.2) is 4.98 Å². The Morgan fingerprint density at radius 2 is 1.97 bits per heavy atom. The van der Waals surface area contributed by atoms with Crippen molar-refractivity contribution in [1.29, 1.82) is 0 Å². The predicted octanol–water partition coefficient (Wildman–Crippen LogP) is 3.68. The van der Waals surface area contributed by atoms with Crippen molar-refractivity contribution in [3.63, 3.8) is 0 Å². The van der Waals surface area contributed by atoms with E-state index in [0.29, 0.717) is 30.3 Å². The van der Waals surface area contributed by atoms with E-state index in [1.165, 1.54) is 17.7 Å². The van der Waals surface area contributed by atoms with Gasteiger partial charge in [0.2, 0.25) is 5.91 Å². The Kier molecular flexibility index (Phi) is 5.87. The largest absolute Gasteiger partial charge is 0.354 e. The third-order valence-electron chi connectivity index (χ3n) is 6.31. The molecule has 3 aromatic rings. The lowest BCUT2D eigenvalue weighted by molar-refractivity contribution is -0.121. The summed E-state index contributed by atoms with van der Waals surface area (Å²) in [7, 11) is 0. The summed E-state index contributed by atoms with van der Waals surface area (Å²) < 4.78 is 1.83. The van der Waals surface area contributed by atoms with Crippen LogP contribution in [-0.4, -0.2) is 40.0 Å². The van der Waals surface area contributed by atoms with Gasteiger partial charge in [0.25, 0.3) is 5.56 Å². The minimum Gasteiger partial charge on any atom is -0.354 e. The molecule has 2 aromatic heterocycles. The Labute approximate surface area is 185 Å². The predicted molar refractivity (Wildman–Crippen MR) is 123 cm³/mol. The van der Waals surface area contributed by atoms with Crippen LogP contribution in [0.5, 0.6) is 0 Å². The number of nitrogens with one attached hydrogen (secondary N) is 1. The first kappa shape index (κ1) is 20.4. The molecule has 162 valence electrons. The van der Waals surface area contributed by atoms with E-state index in [-0.39, 0.29) is 23.6 Å². The fourth-order valence-electron chi connectivity index (χ4n) is 4.55. The van der Waals surface area contributed by atoms with Crippen molar-refractivity contribution in [2.75, 3.05) is 19.6 Å². The van der Waals surface area contributed by atoms with Crippen LogP contribution in [0.4, 0.5) is 0 Å². The van der Waals surface area contributed by atoms with E-state index in [2.05, 4.69) is 27.7 Å². The first-order chi connectivity index (χ1) is 15.2. The average molecular weight is 437 g/mol. The van der Waals surface area contributed by atoms with E-state index < -0.39 is 0 Å². The first-order valence-corrected chi connectivity index (χ1v) is 12.1. The Balaban J connectivity index is 1.27. The normalized spacial score (nSPS) is 17.8. The lowest BCUT2D eigenvalue weighted by Crippen LogP contribution is -2.36. The fourth-order valence-corrected chi connectivity index (χ4v) is 5.41. The molecule has 0 spiro atoms. The fraction of sp³-hybridized carbons (Fsp3) is 0.458. The van der Waals surface area contributed by atoms with Gasteiger partial charge in [-0.2, -0.15) is 0 Å². The van der Waals surface area contributed by atoms with Gasteiger partial charge < -0.3 is 5.32 Å². The molecular formula is C24H28N4O2S. The van der Waals surface area contributed by atoms with Crippen molar-refractivity contribution in [3.05, 3.63) is 62.8 Å². The molecule has 31 heavy (non-hydrogen) atoms. The molecule has 1 aromatic carbocycles. The van der Waals surface area contributed by atoms with Crippen molar-refractivity contribution < 1.29 is 4.79 Å². The number of carbonyl (C=O) groups is 1. The second kappa shape index (κ2) is 8.93. The molecule has 1 aliphatic heterocycles. The minimum absolute atomic E-state index is 0.0190. The number of aryl methyl sites for hydroxylation is 1. The summed E-state index contributed by atoms with van der Waals surface area (Å²) in [5, 5.41) is 5.90. The summed E-state index contributed by atoms with van der Waals surface area (Å²) >= 11 is 1.75. The molecular weight excluding hydrogens is 408 g/mol. The highest BCUT2D eigenvalue weighted by Crippen LogP contribution is 2.35. The zero-order valence-electron chi connectivity index (χ0n) is 17.6. The van der Waals surface area contributed by atoms with Crippen molar-refractivity contribution >= 4 is 28.1 Å². The minimum atomic E-state index is 0.0190. The number of likely N-dealkylation sites (tertiary alicyclic amines) is 1. The molecule has 2 aliphatic rings. The monoisotopic (exact) mass is 436 g/mol. The zero-order chi connectivity index (χ0) is 21.2. The maximum atomic E-state index is 13.0. The summed E-state index contributed by atoms with van der Waals surface area (Å²) in [4.78, 5) is 34.2. The molecule has 1 saturated carbocycles. The summed E-state index contributed by atoms with van der Waals surface area (Å²) in [5.74, 6) is 0.751. The van der Waals surface area contributed by atoms with E-state index in [1.807, 2.05) is 28.8 Å². The summed E-state index contributed by atoms with van der Waals surface area (Å²) in [6.45, 7) is 2.81. The van der Waals surface area contributed by atoms with E-state index in [4.69, 9.17) is 4.98 Å². The second-order valence-electron chi connectivity index (χ2n) is 8.53. The van der Waals surface area contributed by atoms with Crippen LogP contribution >= 0.6 is 11.3 Å². The van der Waals surface area contributed by atoms with Crippen LogP contribution in [0.2, 0.25) is 0 Å². The summed E-state index contributed by atoms with van der Waals surface area (Å²) in [5.41, 5.74) is 0.738. The van der Waals surface area contributed by atoms with Gasteiger partial charge in [0.1, 0.15) is 5.82 Å². The molecule has 1 unspecified atom stereocenters. The van der Waals surface area contributed by atoms with Crippen molar-refractivity contribution in [2.24, 2.45) is 0 Å². The van der Waals surface area contributed by atoms with Crippen LogP contribution in [0.3, 0.4) is 0 Å². The molecule has 5 rings (SSSR count). The Morgan fingerprint density at radius 1 is 1.16 bits per heavy atom. The third-order valence-corrected chi connectivity index (χ3v) is 7.29. The van der Waals surface area contributed by atoms with Gasteiger partial charge >= 0.3 is 0 Å². The van der Waals surface area contributed by atoms with Gasteiger partial charge in [0.15, 0.2) is 0 Å². The standard InChI is InChI=1S/C24H28N4O2S/c29-23(25-16-20(21-8-5-15-31-21)27-13-3-4-14-27)12-11-22-26-19-7-2-1-6-18(19)24(30)28(22)17-9-10-17/h1-2,5-8,15,17,20H,3-4,9-14,16H2,(H,25,29). The van der Waals surface area contributed by atoms with Crippen LogP contribution in [0.25, 0.3) is 10.9 Å². The maximum absolute atomic E-state index is 13.0. The molecule has 1 amide bonds. The number of rotatable bonds is 8. The SMILES string of the molecule is O=C(CCc1nc2ccccc2c(=O)n1C1CC1)NCC(c1cccs1)N1CCCC1. The van der Waals surface area contributed by atoms with Crippen molar-refractivity contribution in [2.45, 2.75) is 50.6 Å². The molecule has 6 nitrogen and oxygen atoms in total. The number of thiophene rings is 1. The van der Waals surface area contributed by atoms with E-state index in [0.717, 1.165) is 31.8 Å². The van der Waals surface area contributed by atoms with E-state index in [1.54, 1.807) is 11.3 Å². The van der Waals surface area contributed by atoms with Gasteiger partial charge in [-0.1, -0.05) is 18.2 Å². The number of para-hydroxylation sites is 1. The Hall–Kier alpha value is -2.51. The van der Waals surface area contributed by atoms with E-state index in [9.17, 15) is 9.59 Å². The van der Waals surface area contributed by atoms with Gasteiger partial charge in [-0.3, -0.25) is 19.1 Å². The molecule has 0 radical (unpaired) electrons. The van der Waals surface area contributed by atoms with Gasteiger partial charge in [0.05, 0.1) is 16.9 Å². The second-order valence-corrected chi connectivity index (χ2v) is 9.51. The van der Waals surface area contributed by atoms with Crippen LogP contribution in [0.15, 0.2) is 46.6 Å². The molecule has 1 atom stereocenters. The number of carbonyl (C=O) groups excluding carboxylic acids is 1. The number of aromatic nitrogens is 2. The number of benzene rings is 1. The van der Waals surface area contributed by atoms with Gasteiger partial charge in [-0.05, 0) is 62.4 Å². The topological polar surface area (TPSA) is 67.2 Å². The molecule has 7 heteroatoms. The Bertz CT molecular complexity index is 1110. The van der Waals surface area contributed by atoms with E-state index >= 15 is 0 Å². The Morgan fingerprint density at radius 3 is 2.71 bits per heavy atom. The molecule has 2 fully saturated rings. The molecule has 1 saturated heterocycles. The molecule has 1 N–H and O–H groups in total. The summed E-state index contributed by atoms with van der Waals surface area (Å²) in [6.07, 6.45) is 5.30. The number of hydrogen-bond donors (Lipinski definition) is 1. The smallest absolute Gasteiger partial charge is 0.261 e. The highest BCUT2D eigenvalue weighted by molar-refractivity contribution is 7.10. The lowest BCUT2D eigenvalue weighted by Gasteiger charge is -2.27. The lowest BCUT2D eigenvalue weighted by atomic mass is 10.2. The van der Waals surface area contributed by atoms with Gasteiger partial charge in [0, 0.05) is 30.3 Å². The maximum Gasteiger partial charge on any atom is 0.261 e. The van der Waals surface area contributed by atoms with Gasteiger partial charge in [-0.15, -0.1) is 11.3 Å². The average Bonchev–Trinajstić information content (AvgIpc) is 3.23. The quantitative estimate of drug-likeness (QED) is 0.585. The molecule has 3 heterocycles. The third kappa shape index (κ3) is 4.43. The molecule has 1 aliphatic carbocycles. The molecule has 0 bridgehead atoms. The van der Waals surface area contributed by atoms with Crippen LogP contribution < -0.4 is 10.9 Å². The number of amides is 1. The van der Waals surface area contributed by atoms with Crippen LogP contribution in [0.1, 0.15) is 54.9 Å². The number of fused-ring (bicyclic) bond motifs is 1. The van der Waals surface area contributed by atoms with Crippen LogP contribution in [0, 0.1) is 0 Å². The van der Waals surface area contributed by atoms with Crippen LogP contribution in [-0.2, 0) is 11.2 Å². The number of nitrogens with zero attached hydrogens (tertiary/aromatic N) is 3. The zero-order valence-corrected chi connectivity index (χ0v) is 18.4. The highest BCUT2D eigenvalue weighted by Gasteiger charge is 2.29. The first-order valence-electron chi connectivity index (χ1n) is 11.2. The van der Waals surface area contributed by atoms with Crippen molar-refractivity contribution in [1.82, 2.24) is 19.8 Å².